The molecular weight excluding hydrogens is 164 g/mol. The van der Waals surface area contributed by atoms with Crippen LogP contribution in [0.3, 0.4) is 0 Å². The molecule has 1 aliphatic rings. The Bertz CT molecular complexity index is 269. The maximum atomic E-state index is 11.2. The number of hydrogen-bond acceptors (Lipinski definition) is 1. The Balaban J connectivity index is 2.77. The molecule has 1 saturated carbocycles. The number of nitrogens with zero attached hydrogens (tertiary/aromatic N) is 2. The molecule has 0 aromatic rings. The van der Waals surface area contributed by atoms with Gasteiger partial charge in [0.15, 0.2) is 0 Å². The van der Waals surface area contributed by atoms with Gasteiger partial charge in [-0.25, -0.2) is 0 Å². The van der Waals surface area contributed by atoms with Crippen molar-refractivity contribution in [3.63, 3.8) is 0 Å². The van der Waals surface area contributed by atoms with Crippen molar-refractivity contribution in [2.75, 3.05) is 0 Å². The van der Waals surface area contributed by atoms with Gasteiger partial charge in [0.25, 0.3) is 0 Å². The second-order valence-electron chi connectivity index (χ2n) is 4.78. The fourth-order valence-electron chi connectivity index (χ4n) is 1.73. The van der Waals surface area contributed by atoms with Crippen molar-refractivity contribution >= 4 is 11.5 Å². The maximum absolute atomic E-state index is 11.2. The van der Waals surface area contributed by atoms with Crippen LogP contribution in [0.25, 0.3) is 5.53 Å². The molecule has 1 aliphatic carbocycles. The molecular formula is C10H16N2O. The molecule has 1 fully saturated rings. The maximum Gasteiger partial charge on any atom is 0.334 e. The van der Waals surface area contributed by atoms with E-state index in [0.29, 0.717) is 24.5 Å². The minimum absolute atomic E-state index is 0.00278. The summed E-state index contributed by atoms with van der Waals surface area (Å²) in [6.07, 6.45) is 2.07. The lowest BCUT2D eigenvalue weighted by Crippen LogP contribution is -2.32. The molecule has 1 unspecified atom stereocenters. The van der Waals surface area contributed by atoms with Crippen LogP contribution in [0.4, 0.5) is 0 Å². The van der Waals surface area contributed by atoms with Gasteiger partial charge in [-0.3, -0.25) is 4.79 Å². The smallest absolute Gasteiger partial charge is 0.334 e. The van der Waals surface area contributed by atoms with Crippen LogP contribution in [0, 0.1) is 11.3 Å². The minimum Gasteiger partial charge on any atom is -0.361 e. The first kappa shape index (κ1) is 10.1. The van der Waals surface area contributed by atoms with E-state index in [0.717, 1.165) is 6.42 Å². The fourth-order valence-corrected chi connectivity index (χ4v) is 1.73. The molecule has 0 aromatic heterocycles. The zero-order valence-corrected chi connectivity index (χ0v) is 8.50. The molecule has 0 aromatic carbocycles. The molecule has 0 N–H and O–H groups in total. The van der Waals surface area contributed by atoms with Crippen molar-refractivity contribution in [1.82, 2.24) is 0 Å². The van der Waals surface area contributed by atoms with E-state index in [1.807, 2.05) is 0 Å². The van der Waals surface area contributed by atoms with Gasteiger partial charge in [-0.1, -0.05) is 20.8 Å². The van der Waals surface area contributed by atoms with E-state index < -0.39 is 0 Å². The molecule has 1 atom stereocenters. The van der Waals surface area contributed by atoms with Gasteiger partial charge in [-0.15, -0.1) is 0 Å². The molecule has 0 saturated heterocycles. The monoisotopic (exact) mass is 180 g/mol. The lowest BCUT2D eigenvalue weighted by Gasteiger charge is -2.31. The highest BCUT2D eigenvalue weighted by Gasteiger charge is 2.36. The molecule has 0 spiro atoms. The molecule has 0 aliphatic heterocycles. The van der Waals surface area contributed by atoms with E-state index in [1.165, 1.54) is 0 Å². The summed E-state index contributed by atoms with van der Waals surface area (Å²) >= 11 is 0. The third-order valence-electron chi connectivity index (χ3n) is 2.83. The van der Waals surface area contributed by atoms with Crippen molar-refractivity contribution in [1.29, 1.82) is 0 Å². The highest BCUT2D eigenvalue weighted by molar-refractivity contribution is 6.38. The number of rotatable bonds is 0. The van der Waals surface area contributed by atoms with Crippen molar-refractivity contribution < 1.29 is 9.58 Å². The van der Waals surface area contributed by atoms with E-state index in [2.05, 4.69) is 25.6 Å². The lowest BCUT2D eigenvalue weighted by molar-refractivity contribution is -0.119. The summed E-state index contributed by atoms with van der Waals surface area (Å²) in [7, 11) is 0. The van der Waals surface area contributed by atoms with Gasteiger partial charge in [-0.2, -0.15) is 4.79 Å². The van der Waals surface area contributed by atoms with Crippen LogP contribution >= 0.6 is 0 Å². The average molecular weight is 180 g/mol. The van der Waals surface area contributed by atoms with Gasteiger partial charge < -0.3 is 5.53 Å². The highest BCUT2D eigenvalue weighted by atomic mass is 16.1. The third-order valence-corrected chi connectivity index (χ3v) is 2.83. The normalized spacial score (nSPS) is 24.4. The molecule has 0 amide bonds. The Morgan fingerprint density at radius 2 is 2.08 bits per heavy atom. The quantitative estimate of drug-likeness (QED) is 0.416. The van der Waals surface area contributed by atoms with Gasteiger partial charge >= 0.3 is 5.71 Å². The molecule has 3 nitrogen and oxygen atoms in total. The summed E-state index contributed by atoms with van der Waals surface area (Å²) in [5.74, 6) is 0.458. The number of ketones is 1. The van der Waals surface area contributed by atoms with Crippen LogP contribution in [0.5, 0.6) is 0 Å². The summed E-state index contributed by atoms with van der Waals surface area (Å²) in [5, 5.41) is 0. The molecule has 72 valence electrons. The summed E-state index contributed by atoms with van der Waals surface area (Å²) in [6.45, 7) is 6.47. The Labute approximate surface area is 78.8 Å². The van der Waals surface area contributed by atoms with Gasteiger partial charge in [-0.05, 0) is 17.8 Å². The highest BCUT2D eigenvalue weighted by Crippen LogP contribution is 2.35. The lowest BCUT2D eigenvalue weighted by atomic mass is 9.71. The zero-order chi connectivity index (χ0) is 10.1. The number of carbonyl (C=O) groups is 1. The Kier molecular flexibility index (Phi) is 2.67. The van der Waals surface area contributed by atoms with E-state index in [4.69, 9.17) is 5.53 Å². The molecule has 0 radical (unpaired) electrons. The van der Waals surface area contributed by atoms with Crippen molar-refractivity contribution in [3.8, 4) is 0 Å². The van der Waals surface area contributed by atoms with Crippen LogP contribution in [0.1, 0.15) is 40.0 Å². The van der Waals surface area contributed by atoms with Gasteiger partial charge in [0.2, 0.25) is 5.78 Å². The van der Waals surface area contributed by atoms with Crippen molar-refractivity contribution in [2.45, 2.75) is 40.0 Å². The molecule has 0 bridgehead atoms. The summed E-state index contributed by atoms with van der Waals surface area (Å²) < 4.78 is 0. The standard InChI is InChI=1S/C10H16N2O/c1-10(2,3)7-4-5-9(13)8(6-7)12-11/h7H,4-6H2,1-3H3. The summed E-state index contributed by atoms with van der Waals surface area (Å²) in [4.78, 5) is 14.3. The topological polar surface area (TPSA) is 53.5 Å². The van der Waals surface area contributed by atoms with Crippen molar-refractivity contribution in [3.05, 3.63) is 5.53 Å². The Morgan fingerprint density at radius 1 is 1.46 bits per heavy atom. The van der Waals surface area contributed by atoms with Crippen LogP contribution < -0.4 is 0 Å². The van der Waals surface area contributed by atoms with E-state index in [-0.39, 0.29) is 11.2 Å². The largest absolute Gasteiger partial charge is 0.361 e. The summed E-state index contributed by atoms with van der Waals surface area (Å²) in [6, 6.07) is 0. The number of hydrogen-bond donors (Lipinski definition) is 0. The summed E-state index contributed by atoms with van der Waals surface area (Å²) in [5.41, 5.74) is 9.16. The van der Waals surface area contributed by atoms with Crippen molar-refractivity contribution in [2.24, 2.45) is 11.3 Å². The fraction of sp³-hybridized carbons (Fsp3) is 0.800. The van der Waals surface area contributed by atoms with Crippen LogP contribution in [0.2, 0.25) is 0 Å². The van der Waals surface area contributed by atoms with E-state index >= 15 is 0 Å². The van der Waals surface area contributed by atoms with E-state index in [1.54, 1.807) is 0 Å². The third kappa shape index (κ3) is 2.25. The first-order valence-electron chi connectivity index (χ1n) is 4.69. The van der Waals surface area contributed by atoms with Crippen LogP contribution in [-0.2, 0) is 4.79 Å². The molecule has 0 heterocycles. The first-order chi connectivity index (χ1) is 5.95. The SMILES string of the molecule is CC(C)(C)C1CCC(=O)C(=[N+]=[N-])C1. The van der Waals surface area contributed by atoms with Gasteiger partial charge in [0, 0.05) is 6.42 Å². The second-order valence-corrected chi connectivity index (χ2v) is 4.78. The minimum atomic E-state index is 0.00278. The van der Waals surface area contributed by atoms with Gasteiger partial charge in [0.05, 0.1) is 6.42 Å². The molecule has 3 heteroatoms. The first-order valence-corrected chi connectivity index (χ1v) is 4.69. The van der Waals surface area contributed by atoms with Crippen LogP contribution in [0.15, 0.2) is 0 Å². The Morgan fingerprint density at radius 3 is 2.54 bits per heavy atom. The zero-order valence-electron chi connectivity index (χ0n) is 8.50. The predicted molar refractivity (Wildman–Crippen MR) is 50.4 cm³/mol. The molecule has 13 heavy (non-hydrogen) atoms. The number of carbonyl (C=O) groups excluding carboxylic acids is 1. The van der Waals surface area contributed by atoms with Gasteiger partial charge in [0.1, 0.15) is 0 Å². The second kappa shape index (κ2) is 3.43. The number of Topliss-reactive ketones (excluding diaryl/α,β-unsaturated/α-hetero) is 1. The predicted octanol–water partition coefficient (Wildman–Crippen LogP) is 2.07. The van der Waals surface area contributed by atoms with E-state index in [9.17, 15) is 4.79 Å². The molecule has 1 rings (SSSR count). The average Bonchev–Trinajstić information content (AvgIpc) is 2.03. The van der Waals surface area contributed by atoms with Crippen LogP contribution in [-0.4, -0.2) is 16.3 Å². The Hall–Kier alpha value is -0.950.